The Morgan fingerprint density at radius 3 is 2.60 bits per heavy atom. The molecule has 0 radical (unpaired) electrons. The average Bonchev–Trinajstić information content (AvgIpc) is 3.32. The number of hydrogen-bond acceptors (Lipinski definition) is 6. The second-order valence-corrected chi connectivity index (χ2v) is 8.00. The zero-order valence-electron chi connectivity index (χ0n) is 17.4. The Hall–Kier alpha value is -3.75. The summed E-state index contributed by atoms with van der Waals surface area (Å²) in [5.74, 6) is 0.141. The van der Waals surface area contributed by atoms with E-state index in [1.54, 1.807) is 10.7 Å². The number of aryl methyl sites for hydroxylation is 2. The Labute approximate surface area is 173 Å². The topological polar surface area (TPSA) is 127 Å². The van der Waals surface area contributed by atoms with Crippen LogP contribution in [0.5, 0.6) is 0 Å². The number of hydrogen-bond donors (Lipinski definition) is 3. The summed E-state index contributed by atoms with van der Waals surface area (Å²) in [6.45, 7) is 8.15. The molecule has 0 aliphatic rings. The summed E-state index contributed by atoms with van der Waals surface area (Å²) in [6.07, 6.45) is 1.43. The number of nitrogens with one attached hydrogen (secondary N) is 2. The molecule has 0 saturated heterocycles. The number of aromatic amines is 1. The summed E-state index contributed by atoms with van der Waals surface area (Å²) < 4.78 is 1.80. The number of carbonyl (C=O) groups excluding carboxylic acids is 1. The molecule has 1 aromatic carbocycles. The average molecular weight is 404 g/mol. The highest BCUT2D eigenvalue weighted by molar-refractivity contribution is 5.98. The minimum absolute atomic E-state index is 0.229. The van der Waals surface area contributed by atoms with Gasteiger partial charge in [0.15, 0.2) is 5.65 Å². The van der Waals surface area contributed by atoms with Crippen molar-refractivity contribution in [3.05, 3.63) is 53.6 Å². The van der Waals surface area contributed by atoms with E-state index in [-0.39, 0.29) is 5.91 Å². The molecule has 0 spiro atoms. The van der Waals surface area contributed by atoms with Crippen molar-refractivity contribution < 1.29 is 4.79 Å². The number of nitrogens with zero attached hydrogens (tertiary/aromatic N) is 5. The van der Waals surface area contributed by atoms with Crippen LogP contribution in [0.4, 0.5) is 5.82 Å². The molecule has 0 saturated carbocycles. The van der Waals surface area contributed by atoms with Crippen molar-refractivity contribution in [1.82, 2.24) is 35.3 Å². The fourth-order valence-corrected chi connectivity index (χ4v) is 3.31. The van der Waals surface area contributed by atoms with Gasteiger partial charge in [0.1, 0.15) is 23.5 Å². The third kappa shape index (κ3) is 3.49. The first kappa shape index (κ1) is 19.6. The molecule has 9 heteroatoms. The first-order chi connectivity index (χ1) is 14.3. The van der Waals surface area contributed by atoms with Gasteiger partial charge in [-0.3, -0.25) is 9.89 Å². The van der Waals surface area contributed by atoms with Crippen molar-refractivity contribution in [2.45, 2.75) is 33.2 Å². The van der Waals surface area contributed by atoms with Crippen LogP contribution in [0.25, 0.3) is 22.3 Å². The van der Waals surface area contributed by atoms with Crippen molar-refractivity contribution >= 4 is 22.8 Å². The van der Waals surface area contributed by atoms with Gasteiger partial charge in [0, 0.05) is 12.1 Å². The SMILES string of the molecule is Cc1ccc(-c2nn(C(C)(C)CNC(=O)c3cc(C)n[nH]3)c3ncnc(N)c23)cc1. The van der Waals surface area contributed by atoms with Gasteiger partial charge < -0.3 is 11.1 Å². The Bertz CT molecular complexity index is 1220. The lowest BCUT2D eigenvalue weighted by atomic mass is 10.1. The molecular formula is C21H24N8O. The molecule has 1 amide bonds. The largest absolute Gasteiger partial charge is 0.383 e. The summed E-state index contributed by atoms with van der Waals surface area (Å²) in [4.78, 5) is 21.1. The van der Waals surface area contributed by atoms with Gasteiger partial charge in [0.2, 0.25) is 0 Å². The molecule has 0 atom stereocenters. The van der Waals surface area contributed by atoms with Crippen LogP contribution in [-0.2, 0) is 5.54 Å². The van der Waals surface area contributed by atoms with Gasteiger partial charge >= 0.3 is 0 Å². The van der Waals surface area contributed by atoms with E-state index in [4.69, 9.17) is 10.8 Å². The molecule has 0 unspecified atom stereocenters. The van der Waals surface area contributed by atoms with Gasteiger partial charge in [-0.15, -0.1) is 0 Å². The highest BCUT2D eigenvalue weighted by Crippen LogP contribution is 2.33. The predicted molar refractivity (Wildman–Crippen MR) is 115 cm³/mol. The first-order valence-corrected chi connectivity index (χ1v) is 9.63. The number of aromatic nitrogens is 6. The molecule has 3 heterocycles. The molecule has 4 rings (SSSR count). The minimum Gasteiger partial charge on any atom is -0.383 e. The van der Waals surface area contributed by atoms with Crippen molar-refractivity contribution in [1.29, 1.82) is 0 Å². The lowest BCUT2D eigenvalue weighted by Crippen LogP contribution is -2.41. The van der Waals surface area contributed by atoms with E-state index in [1.165, 1.54) is 6.33 Å². The minimum atomic E-state index is -0.577. The van der Waals surface area contributed by atoms with Gasteiger partial charge in [-0.25, -0.2) is 14.6 Å². The molecule has 0 fully saturated rings. The van der Waals surface area contributed by atoms with Crippen LogP contribution < -0.4 is 11.1 Å². The van der Waals surface area contributed by atoms with Crippen molar-refractivity contribution in [3.8, 4) is 11.3 Å². The summed E-state index contributed by atoms with van der Waals surface area (Å²) in [7, 11) is 0. The van der Waals surface area contributed by atoms with Crippen molar-refractivity contribution in [2.75, 3.05) is 12.3 Å². The monoisotopic (exact) mass is 404 g/mol. The Morgan fingerprint density at radius 1 is 1.20 bits per heavy atom. The number of carbonyl (C=O) groups is 1. The van der Waals surface area contributed by atoms with E-state index in [1.807, 2.05) is 52.0 Å². The van der Waals surface area contributed by atoms with E-state index >= 15 is 0 Å². The molecule has 0 aliphatic carbocycles. The summed E-state index contributed by atoms with van der Waals surface area (Å²) >= 11 is 0. The number of amides is 1. The predicted octanol–water partition coefficient (Wildman–Crippen LogP) is 2.58. The van der Waals surface area contributed by atoms with Gasteiger partial charge in [-0.1, -0.05) is 29.8 Å². The fraction of sp³-hybridized carbons (Fsp3) is 0.286. The fourth-order valence-electron chi connectivity index (χ4n) is 3.31. The standard InChI is InChI=1S/C21H24N8O/c1-12-5-7-14(8-6-12)17-16-18(22)24-11-25-19(16)29(28-17)21(3,4)10-23-20(30)15-9-13(2)26-27-15/h5-9,11H,10H2,1-4H3,(H,23,30)(H,26,27)(H2,22,24,25). The van der Waals surface area contributed by atoms with Gasteiger partial charge in [-0.2, -0.15) is 10.2 Å². The van der Waals surface area contributed by atoms with E-state index < -0.39 is 5.54 Å². The van der Waals surface area contributed by atoms with Gasteiger partial charge in [0.05, 0.1) is 16.6 Å². The number of anilines is 1. The number of rotatable bonds is 5. The zero-order chi connectivity index (χ0) is 21.5. The molecule has 0 aliphatic heterocycles. The van der Waals surface area contributed by atoms with Crippen LogP contribution in [-0.4, -0.2) is 42.4 Å². The molecule has 9 nitrogen and oxygen atoms in total. The number of benzene rings is 1. The van der Waals surface area contributed by atoms with E-state index in [9.17, 15) is 4.79 Å². The van der Waals surface area contributed by atoms with Crippen molar-refractivity contribution in [3.63, 3.8) is 0 Å². The Balaban J connectivity index is 1.71. The molecular weight excluding hydrogens is 380 g/mol. The van der Waals surface area contributed by atoms with Gasteiger partial charge in [-0.05, 0) is 33.8 Å². The van der Waals surface area contributed by atoms with E-state index in [0.717, 1.165) is 16.8 Å². The number of nitrogen functional groups attached to an aromatic ring is 1. The maximum absolute atomic E-state index is 12.5. The third-order valence-corrected chi connectivity index (χ3v) is 5.02. The highest BCUT2D eigenvalue weighted by Gasteiger charge is 2.28. The molecule has 0 bridgehead atoms. The third-order valence-electron chi connectivity index (χ3n) is 5.02. The smallest absolute Gasteiger partial charge is 0.269 e. The van der Waals surface area contributed by atoms with Crippen LogP contribution >= 0.6 is 0 Å². The number of nitrogens with two attached hydrogens (primary N) is 1. The molecule has 154 valence electrons. The number of fused-ring (bicyclic) bond motifs is 1. The van der Waals surface area contributed by atoms with Gasteiger partial charge in [0.25, 0.3) is 5.91 Å². The Morgan fingerprint density at radius 2 is 1.93 bits per heavy atom. The summed E-state index contributed by atoms with van der Waals surface area (Å²) in [5.41, 5.74) is 10.2. The highest BCUT2D eigenvalue weighted by atomic mass is 16.1. The van der Waals surface area contributed by atoms with Crippen LogP contribution in [0.2, 0.25) is 0 Å². The Kier molecular flexibility index (Phi) is 4.73. The lowest BCUT2D eigenvalue weighted by molar-refractivity contribution is 0.0931. The van der Waals surface area contributed by atoms with E-state index in [2.05, 4.69) is 25.5 Å². The summed E-state index contributed by atoms with van der Waals surface area (Å²) in [6, 6.07) is 9.76. The van der Waals surface area contributed by atoms with Crippen LogP contribution in [0.3, 0.4) is 0 Å². The number of H-pyrrole nitrogens is 1. The maximum Gasteiger partial charge on any atom is 0.269 e. The molecule has 3 aromatic heterocycles. The van der Waals surface area contributed by atoms with Crippen LogP contribution in [0.1, 0.15) is 35.6 Å². The molecule has 4 N–H and O–H groups in total. The van der Waals surface area contributed by atoms with Crippen LogP contribution in [0.15, 0.2) is 36.7 Å². The normalized spacial score (nSPS) is 11.7. The zero-order valence-corrected chi connectivity index (χ0v) is 17.4. The second kappa shape index (κ2) is 7.25. The van der Waals surface area contributed by atoms with E-state index in [0.29, 0.717) is 34.8 Å². The lowest BCUT2D eigenvalue weighted by Gasteiger charge is -2.26. The van der Waals surface area contributed by atoms with Crippen LogP contribution in [0, 0.1) is 13.8 Å². The second-order valence-electron chi connectivity index (χ2n) is 8.00. The molecule has 30 heavy (non-hydrogen) atoms. The maximum atomic E-state index is 12.5. The van der Waals surface area contributed by atoms with Crippen molar-refractivity contribution in [2.24, 2.45) is 0 Å². The molecule has 4 aromatic rings. The quantitative estimate of drug-likeness (QED) is 0.469. The summed E-state index contributed by atoms with van der Waals surface area (Å²) in [5, 5.41) is 15.2. The first-order valence-electron chi connectivity index (χ1n) is 9.63.